The minimum Gasteiger partial charge on any atom is -0.354 e. The number of anilines is 2. The van der Waals surface area contributed by atoms with E-state index in [1.165, 1.54) is 32.5 Å². The maximum absolute atomic E-state index is 4.59. The first-order valence-corrected chi connectivity index (χ1v) is 9.24. The number of piperidine rings is 1. The van der Waals surface area contributed by atoms with Gasteiger partial charge in [-0.25, -0.2) is 0 Å². The van der Waals surface area contributed by atoms with E-state index in [2.05, 4.69) is 52.9 Å². The topological polar surface area (TPSA) is 57.2 Å². The van der Waals surface area contributed by atoms with Gasteiger partial charge in [0.1, 0.15) is 5.82 Å². The Bertz CT molecular complexity index is 488. The number of hydrogen-bond donors (Lipinski definition) is 1. The Morgan fingerprint density at radius 1 is 1.17 bits per heavy atom. The molecule has 2 rings (SSSR count). The highest BCUT2D eigenvalue weighted by Crippen LogP contribution is 2.19. The zero-order valence-corrected chi connectivity index (χ0v) is 16.2. The summed E-state index contributed by atoms with van der Waals surface area (Å²) >= 11 is 0. The van der Waals surface area contributed by atoms with Gasteiger partial charge in [-0.15, -0.1) is 0 Å². The molecule has 0 aliphatic carbocycles. The third-order valence-corrected chi connectivity index (χ3v) is 4.33. The highest BCUT2D eigenvalue weighted by Gasteiger charge is 2.21. The summed E-state index contributed by atoms with van der Waals surface area (Å²) in [6.45, 7) is 13.4. The molecular weight excluding hydrogens is 300 g/mol. The lowest BCUT2D eigenvalue weighted by molar-refractivity contribution is 0.163. The molecule has 1 fully saturated rings. The molecule has 0 radical (unpaired) electrons. The molecule has 24 heavy (non-hydrogen) atoms. The van der Waals surface area contributed by atoms with E-state index >= 15 is 0 Å². The summed E-state index contributed by atoms with van der Waals surface area (Å²) in [5.74, 6) is 3.97. The van der Waals surface area contributed by atoms with Crippen molar-refractivity contribution in [2.24, 2.45) is 11.8 Å². The summed E-state index contributed by atoms with van der Waals surface area (Å²) in [6, 6.07) is 0. The van der Waals surface area contributed by atoms with Crippen molar-refractivity contribution in [3.8, 4) is 0 Å². The SMILES string of the molecule is CC(C)CN1CCCC(CNc2nc(C(C)C)nc(N(C)C)n2)C1. The maximum atomic E-state index is 4.59. The third-order valence-electron chi connectivity index (χ3n) is 4.33. The summed E-state index contributed by atoms with van der Waals surface area (Å²) in [6.07, 6.45) is 2.57. The van der Waals surface area contributed by atoms with Gasteiger partial charge in [-0.3, -0.25) is 0 Å². The van der Waals surface area contributed by atoms with Crippen molar-refractivity contribution in [1.82, 2.24) is 19.9 Å². The van der Waals surface area contributed by atoms with E-state index in [0.29, 0.717) is 17.8 Å². The highest BCUT2D eigenvalue weighted by atomic mass is 15.3. The molecule has 6 heteroatoms. The van der Waals surface area contributed by atoms with E-state index in [4.69, 9.17) is 0 Å². The summed E-state index contributed by atoms with van der Waals surface area (Å²) in [4.78, 5) is 18.2. The first-order chi connectivity index (χ1) is 11.3. The number of nitrogens with one attached hydrogen (secondary N) is 1. The van der Waals surface area contributed by atoms with E-state index in [9.17, 15) is 0 Å². The Morgan fingerprint density at radius 2 is 1.92 bits per heavy atom. The van der Waals surface area contributed by atoms with Crippen molar-refractivity contribution in [2.75, 3.05) is 50.5 Å². The Morgan fingerprint density at radius 3 is 2.54 bits per heavy atom. The van der Waals surface area contributed by atoms with Crippen LogP contribution in [0.15, 0.2) is 0 Å². The molecule has 0 bridgehead atoms. The highest BCUT2D eigenvalue weighted by molar-refractivity contribution is 5.36. The van der Waals surface area contributed by atoms with Crippen LogP contribution in [0.2, 0.25) is 0 Å². The predicted octanol–water partition coefficient (Wildman–Crippen LogP) is 2.84. The maximum Gasteiger partial charge on any atom is 0.229 e. The summed E-state index contributed by atoms with van der Waals surface area (Å²) in [5.41, 5.74) is 0. The summed E-state index contributed by atoms with van der Waals surface area (Å²) in [5, 5.41) is 3.46. The van der Waals surface area contributed by atoms with Gasteiger partial charge in [-0.1, -0.05) is 27.7 Å². The van der Waals surface area contributed by atoms with Crippen molar-refractivity contribution in [3.05, 3.63) is 5.82 Å². The van der Waals surface area contributed by atoms with E-state index in [0.717, 1.165) is 24.2 Å². The average Bonchev–Trinajstić information content (AvgIpc) is 2.52. The van der Waals surface area contributed by atoms with Crippen molar-refractivity contribution < 1.29 is 0 Å². The second-order valence-corrected chi connectivity index (χ2v) is 7.91. The molecule has 1 N–H and O–H groups in total. The number of nitrogens with zero attached hydrogens (tertiary/aromatic N) is 5. The van der Waals surface area contributed by atoms with Gasteiger partial charge in [0.05, 0.1) is 0 Å². The molecule has 1 aromatic rings. The fourth-order valence-corrected chi connectivity index (χ4v) is 3.15. The zero-order chi connectivity index (χ0) is 17.7. The molecule has 1 unspecified atom stereocenters. The molecule has 6 nitrogen and oxygen atoms in total. The minimum atomic E-state index is 0.295. The standard InChI is InChI=1S/C18H34N6/c1-13(2)11-24-9-7-8-15(12-24)10-19-17-20-16(14(3)4)21-18(22-17)23(5)6/h13-15H,7-12H2,1-6H3,(H,19,20,21,22). The quantitative estimate of drug-likeness (QED) is 0.827. The third kappa shape index (κ3) is 5.58. The monoisotopic (exact) mass is 334 g/mol. The van der Waals surface area contributed by atoms with Gasteiger partial charge >= 0.3 is 0 Å². The number of likely N-dealkylation sites (tertiary alicyclic amines) is 1. The Labute approximate surface area is 147 Å². The van der Waals surface area contributed by atoms with Crippen LogP contribution in [0.5, 0.6) is 0 Å². The van der Waals surface area contributed by atoms with Crippen LogP contribution < -0.4 is 10.2 Å². The molecule has 2 heterocycles. The van der Waals surface area contributed by atoms with E-state index in [1.54, 1.807) is 0 Å². The molecule has 0 aromatic carbocycles. The van der Waals surface area contributed by atoms with Crippen molar-refractivity contribution in [1.29, 1.82) is 0 Å². The average molecular weight is 335 g/mol. The fraction of sp³-hybridized carbons (Fsp3) is 0.833. The van der Waals surface area contributed by atoms with Crippen molar-refractivity contribution in [2.45, 2.75) is 46.5 Å². The van der Waals surface area contributed by atoms with E-state index < -0.39 is 0 Å². The first kappa shape index (κ1) is 18.9. The number of hydrogen-bond acceptors (Lipinski definition) is 6. The Kier molecular flexibility index (Phi) is 6.78. The Balaban J connectivity index is 1.98. The van der Waals surface area contributed by atoms with Gasteiger partial charge in [0.25, 0.3) is 0 Å². The van der Waals surface area contributed by atoms with E-state index in [1.807, 2.05) is 19.0 Å². The molecule has 136 valence electrons. The van der Waals surface area contributed by atoms with Gasteiger partial charge in [0.15, 0.2) is 0 Å². The first-order valence-electron chi connectivity index (χ1n) is 9.24. The normalized spacial score (nSPS) is 19.1. The largest absolute Gasteiger partial charge is 0.354 e. The molecular formula is C18H34N6. The van der Waals surface area contributed by atoms with Crippen molar-refractivity contribution in [3.63, 3.8) is 0 Å². The van der Waals surface area contributed by atoms with Crippen LogP contribution in [-0.4, -0.2) is 60.1 Å². The van der Waals surface area contributed by atoms with Crippen LogP contribution in [0, 0.1) is 11.8 Å². The second-order valence-electron chi connectivity index (χ2n) is 7.91. The van der Waals surface area contributed by atoms with Gasteiger partial charge in [-0.05, 0) is 31.2 Å². The van der Waals surface area contributed by atoms with Crippen LogP contribution in [0.1, 0.15) is 52.3 Å². The van der Waals surface area contributed by atoms with Crippen LogP contribution in [0.25, 0.3) is 0 Å². The molecule has 0 amide bonds. The van der Waals surface area contributed by atoms with E-state index in [-0.39, 0.29) is 0 Å². The zero-order valence-electron chi connectivity index (χ0n) is 16.2. The van der Waals surface area contributed by atoms with Gasteiger partial charge in [0, 0.05) is 39.6 Å². The number of rotatable bonds is 7. The summed E-state index contributed by atoms with van der Waals surface area (Å²) < 4.78 is 0. The van der Waals surface area contributed by atoms with Crippen LogP contribution >= 0.6 is 0 Å². The lowest BCUT2D eigenvalue weighted by atomic mass is 9.97. The lowest BCUT2D eigenvalue weighted by Crippen LogP contribution is -2.40. The smallest absolute Gasteiger partial charge is 0.229 e. The lowest BCUT2D eigenvalue weighted by Gasteiger charge is -2.33. The molecule has 0 saturated carbocycles. The minimum absolute atomic E-state index is 0.295. The molecule has 1 aliphatic heterocycles. The second kappa shape index (κ2) is 8.60. The molecule has 1 atom stereocenters. The predicted molar refractivity (Wildman–Crippen MR) is 101 cm³/mol. The van der Waals surface area contributed by atoms with Crippen LogP contribution in [0.4, 0.5) is 11.9 Å². The molecule has 1 aromatic heterocycles. The van der Waals surface area contributed by atoms with Crippen LogP contribution in [-0.2, 0) is 0 Å². The fourth-order valence-electron chi connectivity index (χ4n) is 3.15. The van der Waals surface area contributed by atoms with Crippen molar-refractivity contribution >= 4 is 11.9 Å². The number of aromatic nitrogens is 3. The van der Waals surface area contributed by atoms with Gasteiger partial charge < -0.3 is 15.1 Å². The molecule has 0 spiro atoms. The van der Waals surface area contributed by atoms with Crippen LogP contribution in [0.3, 0.4) is 0 Å². The molecule has 1 aliphatic rings. The molecule has 1 saturated heterocycles. The summed E-state index contributed by atoms with van der Waals surface area (Å²) in [7, 11) is 3.93. The van der Waals surface area contributed by atoms with Gasteiger partial charge in [0.2, 0.25) is 11.9 Å². The Hall–Kier alpha value is -1.43. The van der Waals surface area contributed by atoms with Gasteiger partial charge in [-0.2, -0.15) is 15.0 Å².